The predicted molar refractivity (Wildman–Crippen MR) is 99.6 cm³/mol. The number of hydrogen-bond donors (Lipinski definition) is 2. The molecule has 0 saturated carbocycles. The lowest BCUT2D eigenvalue weighted by Crippen LogP contribution is -2.05. The minimum absolute atomic E-state index is 0.252. The van der Waals surface area contributed by atoms with Crippen LogP contribution in [0.15, 0.2) is 42.5 Å². The van der Waals surface area contributed by atoms with E-state index in [1.807, 2.05) is 43.3 Å². The van der Waals surface area contributed by atoms with Gasteiger partial charge in [0.1, 0.15) is 11.4 Å². The van der Waals surface area contributed by atoms with E-state index >= 15 is 0 Å². The molecular formula is C21H19NO4. The summed E-state index contributed by atoms with van der Waals surface area (Å²) < 4.78 is 7.29. The third kappa shape index (κ3) is 2.10. The molecule has 1 aliphatic rings. The van der Waals surface area contributed by atoms with Crippen molar-refractivity contribution >= 4 is 22.4 Å². The number of aliphatic hydroxyl groups is 1. The van der Waals surface area contributed by atoms with E-state index in [1.54, 1.807) is 24.8 Å². The van der Waals surface area contributed by atoms with E-state index in [0.717, 1.165) is 33.2 Å². The van der Waals surface area contributed by atoms with Gasteiger partial charge >= 0.3 is 5.97 Å². The quantitative estimate of drug-likeness (QED) is 0.757. The second-order valence-electron chi connectivity index (χ2n) is 6.49. The fourth-order valence-corrected chi connectivity index (χ4v) is 4.02. The largest absolute Gasteiger partial charge is 0.496 e. The van der Waals surface area contributed by atoms with E-state index in [1.165, 1.54) is 0 Å². The number of hydrogen-bond acceptors (Lipinski definition) is 3. The van der Waals surface area contributed by atoms with E-state index in [0.29, 0.717) is 11.3 Å². The molecule has 0 radical (unpaired) electrons. The first-order chi connectivity index (χ1) is 12.5. The molecule has 1 aliphatic carbocycles. The molecule has 132 valence electrons. The van der Waals surface area contributed by atoms with Crippen LogP contribution in [-0.4, -0.2) is 27.9 Å². The summed E-state index contributed by atoms with van der Waals surface area (Å²) in [7, 11) is 3.35. The highest BCUT2D eigenvalue weighted by Crippen LogP contribution is 2.45. The average molecular weight is 349 g/mol. The zero-order chi connectivity index (χ0) is 18.6. The van der Waals surface area contributed by atoms with Crippen LogP contribution in [0.2, 0.25) is 0 Å². The van der Waals surface area contributed by atoms with E-state index < -0.39 is 12.1 Å². The van der Waals surface area contributed by atoms with Crippen LogP contribution < -0.4 is 4.74 Å². The van der Waals surface area contributed by atoms with Crippen LogP contribution in [0.25, 0.3) is 16.5 Å². The van der Waals surface area contributed by atoms with Crippen LogP contribution in [0.1, 0.15) is 38.8 Å². The van der Waals surface area contributed by atoms with Crippen molar-refractivity contribution in [3.8, 4) is 5.75 Å². The first kappa shape index (κ1) is 16.4. The predicted octanol–water partition coefficient (Wildman–Crippen LogP) is 3.67. The lowest BCUT2D eigenvalue weighted by molar-refractivity contribution is 0.0686. The van der Waals surface area contributed by atoms with Crippen molar-refractivity contribution in [3.63, 3.8) is 0 Å². The molecule has 2 N–H and O–H groups in total. The fraction of sp³-hybridized carbons (Fsp3) is 0.190. The molecular weight excluding hydrogens is 330 g/mol. The summed E-state index contributed by atoms with van der Waals surface area (Å²) in [6.07, 6.45) is 1.11. The number of carboxylic acids is 1. The number of methoxy groups -OCH3 is 1. The highest BCUT2D eigenvalue weighted by molar-refractivity contribution is 6.07. The Hall–Kier alpha value is -3.05. The Morgan fingerprint density at radius 2 is 1.92 bits per heavy atom. The van der Waals surface area contributed by atoms with Gasteiger partial charge in [-0.2, -0.15) is 0 Å². The van der Waals surface area contributed by atoms with Crippen LogP contribution in [0.4, 0.5) is 0 Å². The lowest BCUT2D eigenvalue weighted by atomic mass is 9.93. The Labute approximate surface area is 150 Å². The zero-order valence-corrected chi connectivity index (χ0v) is 14.8. The van der Waals surface area contributed by atoms with Crippen molar-refractivity contribution in [3.05, 3.63) is 70.4 Å². The minimum Gasteiger partial charge on any atom is -0.496 e. The number of aromatic nitrogens is 1. The summed E-state index contributed by atoms with van der Waals surface area (Å²) in [6, 6.07) is 11.4. The number of ether oxygens (including phenoxy) is 1. The second kappa shape index (κ2) is 5.75. The van der Waals surface area contributed by atoms with Gasteiger partial charge in [-0.3, -0.25) is 0 Å². The summed E-state index contributed by atoms with van der Waals surface area (Å²) in [5, 5.41) is 20.9. The number of rotatable bonds is 3. The Bertz CT molecular complexity index is 1090. The van der Waals surface area contributed by atoms with Crippen molar-refractivity contribution in [2.24, 2.45) is 7.05 Å². The van der Waals surface area contributed by atoms with Gasteiger partial charge in [-0.25, -0.2) is 4.79 Å². The standard InChI is InChI=1S/C21H19NO4/c1-11-18-15(22(2)20(11)21(24)25)8-9-17(26-3)19(18)14-10-16(23)13-7-5-4-6-12(13)14/h4-10,16,23H,1-3H3,(H,24,25). The van der Waals surface area contributed by atoms with Gasteiger partial charge in [0, 0.05) is 23.5 Å². The van der Waals surface area contributed by atoms with Gasteiger partial charge in [-0.05, 0) is 47.4 Å². The third-order valence-electron chi connectivity index (χ3n) is 5.16. The van der Waals surface area contributed by atoms with Gasteiger partial charge in [0.2, 0.25) is 0 Å². The van der Waals surface area contributed by atoms with Gasteiger partial charge in [0.05, 0.1) is 13.2 Å². The fourth-order valence-electron chi connectivity index (χ4n) is 4.02. The smallest absolute Gasteiger partial charge is 0.352 e. The summed E-state index contributed by atoms with van der Waals surface area (Å²) in [5.74, 6) is -0.315. The molecule has 4 rings (SSSR count). The summed E-state index contributed by atoms with van der Waals surface area (Å²) in [6.45, 7) is 1.81. The third-order valence-corrected chi connectivity index (χ3v) is 5.16. The summed E-state index contributed by atoms with van der Waals surface area (Å²) >= 11 is 0. The number of fused-ring (bicyclic) bond motifs is 2. The van der Waals surface area contributed by atoms with Crippen molar-refractivity contribution < 1.29 is 19.7 Å². The number of nitrogens with zero attached hydrogens (tertiary/aromatic N) is 1. The molecule has 0 amide bonds. The molecule has 1 aromatic heterocycles. The topological polar surface area (TPSA) is 71.7 Å². The number of carbonyl (C=O) groups is 1. The zero-order valence-electron chi connectivity index (χ0n) is 14.8. The molecule has 26 heavy (non-hydrogen) atoms. The maximum absolute atomic E-state index is 11.7. The number of aromatic carboxylic acids is 1. The average Bonchev–Trinajstić information content (AvgIpc) is 3.09. The van der Waals surface area contributed by atoms with Gasteiger partial charge in [-0.1, -0.05) is 24.3 Å². The first-order valence-corrected chi connectivity index (χ1v) is 8.34. The van der Waals surface area contributed by atoms with Crippen molar-refractivity contribution in [2.75, 3.05) is 7.11 Å². The number of aliphatic hydroxyl groups excluding tert-OH is 1. The van der Waals surface area contributed by atoms with Crippen LogP contribution >= 0.6 is 0 Å². The normalized spacial score (nSPS) is 15.8. The van der Waals surface area contributed by atoms with Crippen molar-refractivity contribution in [1.82, 2.24) is 4.57 Å². The molecule has 2 aromatic carbocycles. The number of carboxylic acid groups (broad SMARTS) is 1. The van der Waals surface area contributed by atoms with E-state index in [9.17, 15) is 15.0 Å². The van der Waals surface area contributed by atoms with E-state index in [2.05, 4.69) is 0 Å². The van der Waals surface area contributed by atoms with E-state index in [4.69, 9.17) is 4.74 Å². The Kier molecular flexibility index (Phi) is 3.63. The van der Waals surface area contributed by atoms with Crippen LogP contribution in [0, 0.1) is 6.92 Å². The van der Waals surface area contributed by atoms with Crippen molar-refractivity contribution in [2.45, 2.75) is 13.0 Å². The number of benzene rings is 2. The Balaban J connectivity index is 2.12. The molecule has 0 fully saturated rings. The van der Waals surface area contributed by atoms with Crippen molar-refractivity contribution in [1.29, 1.82) is 0 Å². The van der Waals surface area contributed by atoms with Crippen LogP contribution in [0.3, 0.4) is 0 Å². The lowest BCUT2D eigenvalue weighted by Gasteiger charge is -2.14. The number of aryl methyl sites for hydroxylation is 2. The molecule has 3 aromatic rings. The Morgan fingerprint density at radius 1 is 1.19 bits per heavy atom. The van der Waals surface area contributed by atoms with Gasteiger partial charge < -0.3 is 19.5 Å². The van der Waals surface area contributed by atoms with Gasteiger partial charge in [0.25, 0.3) is 0 Å². The maximum atomic E-state index is 11.7. The molecule has 0 aliphatic heterocycles. The minimum atomic E-state index is -0.966. The van der Waals surface area contributed by atoms with E-state index in [-0.39, 0.29) is 5.69 Å². The Morgan fingerprint density at radius 3 is 2.62 bits per heavy atom. The summed E-state index contributed by atoms with van der Waals surface area (Å²) in [4.78, 5) is 11.7. The monoisotopic (exact) mass is 349 g/mol. The molecule has 1 heterocycles. The summed E-state index contributed by atoms with van der Waals surface area (Å²) in [5.41, 5.74) is 5.20. The highest BCUT2D eigenvalue weighted by Gasteiger charge is 2.28. The van der Waals surface area contributed by atoms with Crippen LogP contribution in [-0.2, 0) is 7.05 Å². The molecule has 1 atom stereocenters. The molecule has 0 saturated heterocycles. The molecule has 5 nitrogen and oxygen atoms in total. The molecule has 0 spiro atoms. The van der Waals surface area contributed by atoms with Crippen LogP contribution in [0.5, 0.6) is 5.75 Å². The van der Waals surface area contributed by atoms with Gasteiger partial charge in [-0.15, -0.1) is 0 Å². The molecule has 0 bridgehead atoms. The maximum Gasteiger partial charge on any atom is 0.352 e. The van der Waals surface area contributed by atoms with Gasteiger partial charge in [0.15, 0.2) is 0 Å². The SMILES string of the molecule is COc1ccc2c(c(C)c(C(=O)O)n2C)c1C1=CC(O)c2ccccc21. The molecule has 1 unspecified atom stereocenters. The first-order valence-electron chi connectivity index (χ1n) is 8.34. The second-order valence-corrected chi connectivity index (χ2v) is 6.49. The molecule has 5 heteroatoms. The highest BCUT2D eigenvalue weighted by atomic mass is 16.5.